The summed E-state index contributed by atoms with van der Waals surface area (Å²) in [5, 5.41) is 9.76. The maximum Gasteiger partial charge on any atom is 0.361 e. The van der Waals surface area contributed by atoms with E-state index in [0.717, 1.165) is 109 Å². The number of carbonyl (C=O) groups is 3. The molecule has 0 fully saturated rings. The summed E-state index contributed by atoms with van der Waals surface area (Å²) in [4.78, 5) is 37.7. The highest BCUT2D eigenvalue weighted by Gasteiger charge is 2.25. The van der Waals surface area contributed by atoms with Gasteiger partial charge in [0, 0.05) is 12.8 Å². The van der Waals surface area contributed by atoms with Crippen LogP contribution in [0, 0.1) is 0 Å². The number of hydrogen-bond donors (Lipinski definition) is 1. The zero-order chi connectivity index (χ0) is 67.5. The van der Waals surface area contributed by atoms with Crippen LogP contribution in [0.15, 0.2) is 122 Å². The van der Waals surface area contributed by atoms with E-state index >= 15 is 0 Å². The molecule has 0 aliphatic carbocycles. The molecule has 0 aromatic carbocycles. The summed E-state index contributed by atoms with van der Waals surface area (Å²) in [5.41, 5.74) is 0. The fourth-order valence-electron chi connectivity index (χ4n) is 10.8. The number of quaternary nitrogens is 1. The second-order valence-electron chi connectivity index (χ2n) is 26.9. The van der Waals surface area contributed by atoms with Crippen LogP contribution in [0.2, 0.25) is 0 Å². The predicted octanol–water partition coefficient (Wildman–Crippen LogP) is 24.7. The van der Waals surface area contributed by atoms with Gasteiger partial charge in [0.05, 0.1) is 34.4 Å². The van der Waals surface area contributed by atoms with Crippen molar-refractivity contribution >= 4 is 17.9 Å². The lowest BCUT2D eigenvalue weighted by molar-refractivity contribution is -0.870. The molecule has 0 radical (unpaired) electrons. The standard InChI is InChI=1S/C84H145NO8/c1-6-8-10-12-14-16-18-20-22-24-26-28-30-32-34-35-36-37-38-39-40-41-42-43-44-45-46-47-49-50-52-54-56-58-60-62-64-66-68-70-72-74-81(86)91-78-80(79-92-84(83(88)89)90-77-76-85(3,4)5)93-82(87)75-73-71-69-67-65-63-61-59-57-55-53-51-48-33-31-29-27-25-23-21-19-17-15-13-11-9-7-2/h9,11,15,17-18,20-21,23-24,26-27,29-30,32-33,48,53,55,59,61,80,84H,6-8,10,12-14,16,19,22,25,28,31,34-47,49-52,54,56-58,60,62-79H2,1-5H3/p+1/b11-9-,17-15-,20-18-,23-21-,26-24-,29-27-,32-30-,48-33-,55-53-,61-59-. The van der Waals surface area contributed by atoms with Crippen LogP contribution in [0.1, 0.15) is 335 Å². The minimum Gasteiger partial charge on any atom is -0.477 e. The highest BCUT2D eigenvalue weighted by molar-refractivity contribution is 5.71. The Morgan fingerprint density at radius 2 is 0.613 bits per heavy atom. The van der Waals surface area contributed by atoms with Crippen LogP contribution < -0.4 is 0 Å². The van der Waals surface area contributed by atoms with Crippen LogP contribution in [-0.2, 0) is 33.3 Å². The van der Waals surface area contributed by atoms with Crippen molar-refractivity contribution < 1.29 is 42.9 Å². The van der Waals surface area contributed by atoms with Gasteiger partial charge in [-0.25, -0.2) is 4.79 Å². The van der Waals surface area contributed by atoms with Crippen LogP contribution in [0.5, 0.6) is 0 Å². The van der Waals surface area contributed by atoms with Crippen LogP contribution in [0.25, 0.3) is 0 Å². The number of likely N-dealkylation sites (N-methyl/N-ethyl adjacent to an activating group) is 1. The lowest BCUT2D eigenvalue weighted by Gasteiger charge is -2.25. The highest BCUT2D eigenvalue weighted by Crippen LogP contribution is 2.18. The Morgan fingerprint density at radius 3 is 0.914 bits per heavy atom. The number of rotatable bonds is 71. The molecule has 0 aromatic heterocycles. The first-order valence-corrected chi connectivity index (χ1v) is 38.7. The molecule has 0 saturated heterocycles. The minimum atomic E-state index is -1.52. The third kappa shape index (κ3) is 74.9. The van der Waals surface area contributed by atoms with Gasteiger partial charge in [-0.1, -0.05) is 334 Å². The van der Waals surface area contributed by atoms with E-state index in [9.17, 15) is 19.5 Å². The third-order valence-corrected chi connectivity index (χ3v) is 16.7. The molecule has 534 valence electrons. The molecule has 93 heavy (non-hydrogen) atoms. The number of allylic oxidation sites excluding steroid dienone is 20. The van der Waals surface area contributed by atoms with Gasteiger partial charge in [-0.05, 0) is 109 Å². The molecule has 2 atom stereocenters. The minimum absolute atomic E-state index is 0.179. The smallest absolute Gasteiger partial charge is 0.361 e. The fraction of sp³-hybridized carbons (Fsp3) is 0.726. The zero-order valence-electron chi connectivity index (χ0n) is 61.1. The van der Waals surface area contributed by atoms with E-state index in [0.29, 0.717) is 23.9 Å². The second-order valence-corrected chi connectivity index (χ2v) is 26.9. The van der Waals surface area contributed by atoms with Crippen molar-refractivity contribution in [3.05, 3.63) is 122 Å². The van der Waals surface area contributed by atoms with Gasteiger partial charge in [0.2, 0.25) is 0 Å². The van der Waals surface area contributed by atoms with E-state index < -0.39 is 24.3 Å². The Hall–Kier alpha value is -4.31. The van der Waals surface area contributed by atoms with Gasteiger partial charge in [0.25, 0.3) is 6.29 Å². The van der Waals surface area contributed by atoms with Crippen molar-refractivity contribution in [3.63, 3.8) is 0 Å². The van der Waals surface area contributed by atoms with Crippen LogP contribution in [0.4, 0.5) is 0 Å². The summed E-state index contributed by atoms with van der Waals surface area (Å²) in [7, 11) is 5.97. The molecule has 0 rings (SSSR count). The number of unbranched alkanes of at least 4 members (excludes halogenated alkanes) is 36. The third-order valence-electron chi connectivity index (χ3n) is 16.7. The predicted molar refractivity (Wildman–Crippen MR) is 401 cm³/mol. The van der Waals surface area contributed by atoms with Gasteiger partial charge in [-0.15, -0.1) is 0 Å². The summed E-state index contributed by atoms with van der Waals surface area (Å²) in [6.45, 7) is 4.75. The van der Waals surface area contributed by atoms with Gasteiger partial charge in [-0.2, -0.15) is 0 Å². The lowest BCUT2D eigenvalue weighted by atomic mass is 10.0. The Morgan fingerprint density at radius 1 is 0.333 bits per heavy atom. The topological polar surface area (TPSA) is 108 Å². The summed E-state index contributed by atoms with van der Waals surface area (Å²) in [6.07, 6.45) is 102. The highest BCUT2D eigenvalue weighted by atomic mass is 16.7. The van der Waals surface area contributed by atoms with Crippen molar-refractivity contribution in [2.24, 2.45) is 0 Å². The summed E-state index contributed by atoms with van der Waals surface area (Å²) >= 11 is 0. The SMILES string of the molecule is CC/C=C\C/C=C\C/C=C\C/C=C\C/C=C\C/C=C\C/C=C\CCCCCCCC(=O)OC(COC(=O)CCCCCCCCCCCCCCCCCCCCCCCCCCCC/C=C\C/C=C\C/C=C\CCCCCCC)COC(OCC[N+](C)(C)C)C(=O)O. The normalized spacial score (nSPS) is 13.3. The molecule has 1 N–H and O–H groups in total. The van der Waals surface area contributed by atoms with E-state index in [2.05, 4.69) is 135 Å². The van der Waals surface area contributed by atoms with Gasteiger partial charge >= 0.3 is 17.9 Å². The summed E-state index contributed by atoms with van der Waals surface area (Å²) < 4.78 is 23.0. The van der Waals surface area contributed by atoms with Crippen molar-refractivity contribution in [3.8, 4) is 0 Å². The number of hydrogen-bond acceptors (Lipinski definition) is 7. The van der Waals surface area contributed by atoms with Crippen molar-refractivity contribution in [2.75, 3.05) is 47.5 Å². The average Bonchev–Trinajstić information content (AvgIpc) is 3.38. The molecule has 0 bridgehead atoms. The largest absolute Gasteiger partial charge is 0.477 e. The molecular formula is C84H146NO8+. The van der Waals surface area contributed by atoms with Crippen LogP contribution in [-0.4, -0.2) is 87.4 Å². The monoisotopic (exact) mass is 1300 g/mol. The number of carboxylic acid groups (broad SMARTS) is 1. The quantitative estimate of drug-likeness (QED) is 0.0211. The average molecular weight is 1300 g/mol. The van der Waals surface area contributed by atoms with Crippen molar-refractivity contribution in [2.45, 2.75) is 347 Å². The van der Waals surface area contributed by atoms with Crippen LogP contribution >= 0.6 is 0 Å². The molecule has 0 spiro atoms. The molecule has 0 saturated carbocycles. The van der Waals surface area contributed by atoms with Crippen LogP contribution in [0.3, 0.4) is 0 Å². The molecule has 0 amide bonds. The first kappa shape index (κ1) is 88.7. The molecule has 9 nitrogen and oxygen atoms in total. The van der Waals surface area contributed by atoms with Crippen molar-refractivity contribution in [1.29, 1.82) is 0 Å². The maximum atomic E-state index is 13.0. The van der Waals surface area contributed by atoms with Crippen molar-refractivity contribution in [1.82, 2.24) is 0 Å². The lowest BCUT2D eigenvalue weighted by Crippen LogP contribution is -2.40. The molecule has 0 aliphatic heterocycles. The molecule has 2 unspecified atom stereocenters. The molecule has 0 heterocycles. The van der Waals surface area contributed by atoms with E-state index in [1.807, 2.05) is 21.1 Å². The van der Waals surface area contributed by atoms with E-state index in [1.165, 1.54) is 193 Å². The summed E-state index contributed by atoms with van der Waals surface area (Å²) in [5.74, 6) is -2.03. The second kappa shape index (κ2) is 73.5. The molecule has 0 aliphatic rings. The molecule has 0 aromatic rings. The number of carbonyl (C=O) groups excluding carboxylic acids is 2. The number of nitrogens with zero attached hydrogens (tertiary/aromatic N) is 1. The van der Waals surface area contributed by atoms with Gasteiger partial charge in [-0.3, -0.25) is 9.59 Å². The Balaban J connectivity index is 4.03. The number of ether oxygens (including phenoxy) is 4. The number of carboxylic acids is 1. The van der Waals surface area contributed by atoms with Gasteiger partial charge < -0.3 is 28.5 Å². The molecule has 9 heteroatoms. The zero-order valence-corrected chi connectivity index (χ0v) is 61.1. The number of esters is 2. The molecular weight excluding hydrogens is 1150 g/mol. The maximum absolute atomic E-state index is 13.0. The summed E-state index contributed by atoms with van der Waals surface area (Å²) in [6, 6.07) is 0. The Bertz CT molecular complexity index is 1950. The Labute approximate surface area is 574 Å². The van der Waals surface area contributed by atoms with E-state index in [4.69, 9.17) is 18.9 Å². The van der Waals surface area contributed by atoms with E-state index in [1.54, 1.807) is 0 Å². The number of aliphatic carboxylic acids is 1. The fourth-order valence-corrected chi connectivity index (χ4v) is 10.8. The first-order chi connectivity index (χ1) is 45.6. The van der Waals surface area contributed by atoms with E-state index in [-0.39, 0.29) is 32.2 Å². The Kier molecular flexibility index (Phi) is 70.1. The first-order valence-electron chi connectivity index (χ1n) is 38.7. The van der Waals surface area contributed by atoms with Gasteiger partial charge in [0.1, 0.15) is 13.2 Å². The van der Waals surface area contributed by atoms with Gasteiger partial charge in [0.15, 0.2) is 6.10 Å².